The maximum atomic E-state index is 12.2. The molecule has 4 nitrogen and oxygen atoms in total. The van der Waals surface area contributed by atoms with E-state index in [1.165, 1.54) is 0 Å². The Balaban J connectivity index is 2.32. The first-order valence-electron chi connectivity index (χ1n) is 5.24. The number of hydrogen-bond acceptors (Lipinski definition) is 4. The molecule has 1 fully saturated rings. The second-order valence-corrected chi connectivity index (χ2v) is 6.09. The van der Waals surface area contributed by atoms with Crippen molar-refractivity contribution in [1.29, 1.82) is 0 Å². The molecule has 2 unspecified atom stereocenters. The minimum atomic E-state index is -3.36. The monoisotopic (exact) mass is 241 g/mol. The summed E-state index contributed by atoms with van der Waals surface area (Å²) in [5.41, 5.74) is 5.84. The second kappa shape index (κ2) is 4.53. The van der Waals surface area contributed by atoms with E-state index >= 15 is 0 Å². The first-order chi connectivity index (χ1) is 7.62. The van der Waals surface area contributed by atoms with E-state index in [9.17, 15) is 8.42 Å². The van der Waals surface area contributed by atoms with Crippen LogP contribution in [0.5, 0.6) is 0 Å². The van der Waals surface area contributed by atoms with Crippen molar-refractivity contribution in [2.24, 2.45) is 5.73 Å². The first kappa shape index (κ1) is 11.6. The zero-order chi connectivity index (χ0) is 11.6. The summed E-state index contributed by atoms with van der Waals surface area (Å²) in [7, 11) is -3.36. The molecule has 2 N–H and O–H groups in total. The van der Waals surface area contributed by atoms with Gasteiger partial charge < -0.3 is 10.5 Å². The van der Waals surface area contributed by atoms with Crippen molar-refractivity contribution >= 4 is 9.84 Å². The van der Waals surface area contributed by atoms with Crippen LogP contribution in [-0.4, -0.2) is 32.9 Å². The molecule has 0 spiro atoms. The number of hydrogen-bond donors (Lipinski definition) is 1. The molecular weight excluding hydrogens is 226 g/mol. The van der Waals surface area contributed by atoms with Crippen LogP contribution in [0.4, 0.5) is 0 Å². The fourth-order valence-electron chi connectivity index (χ4n) is 1.83. The molecule has 2 atom stereocenters. The fourth-order valence-corrected chi connectivity index (χ4v) is 3.59. The van der Waals surface area contributed by atoms with E-state index in [1.54, 1.807) is 30.3 Å². The smallest absolute Gasteiger partial charge is 0.185 e. The predicted octanol–water partition coefficient (Wildman–Crippen LogP) is 0.576. The topological polar surface area (TPSA) is 69.4 Å². The van der Waals surface area contributed by atoms with Crippen LogP contribution in [0.15, 0.2) is 35.2 Å². The van der Waals surface area contributed by atoms with Gasteiger partial charge in [0.05, 0.1) is 11.5 Å². The van der Waals surface area contributed by atoms with Gasteiger partial charge in [-0.3, -0.25) is 0 Å². The predicted molar refractivity (Wildman–Crippen MR) is 60.8 cm³/mol. The fraction of sp³-hybridized carbons (Fsp3) is 0.455. The van der Waals surface area contributed by atoms with Crippen molar-refractivity contribution in [3.8, 4) is 0 Å². The summed E-state index contributed by atoms with van der Waals surface area (Å²) >= 11 is 0. The number of rotatable bonds is 2. The Morgan fingerprint density at radius 1 is 1.25 bits per heavy atom. The molecule has 1 aromatic rings. The van der Waals surface area contributed by atoms with Gasteiger partial charge in [0.1, 0.15) is 5.25 Å². The van der Waals surface area contributed by atoms with Gasteiger partial charge in [0.25, 0.3) is 0 Å². The van der Waals surface area contributed by atoms with Gasteiger partial charge in [-0.05, 0) is 18.6 Å². The highest BCUT2D eigenvalue weighted by atomic mass is 32.2. The summed E-state index contributed by atoms with van der Waals surface area (Å²) in [5.74, 6) is 0. The molecule has 1 aliphatic heterocycles. The summed E-state index contributed by atoms with van der Waals surface area (Å²) in [6, 6.07) is 8.06. The molecule has 0 amide bonds. The summed E-state index contributed by atoms with van der Waals surface area (Å²) in [6.07, 6.45) is 0.594. The highest BCUT2D eigenvalue weighted by Crippen LogP contribution is 2.21. The van der Waals surface area contributed by atoms with Gasteiger partial charge in [-0.25, -0.2) is 8.42 Å². The van der Waals surface area contributed by atoms with Crippen LogP contribution in [0.3, 0.4) is 0 Å². The van der Waals surface area contributed by atoms with Crippen molar-refractivity contribution in [3.63, 3.8) is 0 Å². The van der Waals surface area contributed by atoms with Gasteiger partial charge in [0.15, 0.2) is 9.84 Å². The van der Waals surface area contributed by atoms with E-state index in [4.69, 9.17) is 10.5 Å². The molecule has 1 saturated heterocycles. The minimum absolute atomic E-state index is 0.193. The summed E-state index contributed by atoms with van der Waals surface area (Å²) in [4.78, 5) is 0.320. The molecule has 88 valence electrons. The summed E-state index contributed by atoms with van der Waals surface area (Å²) < 4.78 is 29.7. The molecule has 5 heteroatoms. The average molecular weight is 241 g/mol. The lowest BCUT2D eigenvalue weighted by Gasteiger charge is -2.28. The highest BCUT2D eigenvalue weighted by Gasteiger charge is 2.35. The second-order valence-electron chi connectivity index (χ2n) is 3.92. The van der Waals surface area contributed by atoms with Crippen LogP contribution < -0.4 is 5.73 Å². The van der Waals surface area contributed by atoms with Crippen molar-refractivity contribution in [3.05, 3.63) is 30.3 Å². The van der Waals surface area contributed by atoms with Crippen LogP contribution in [0, 0.1) is 0 Å². The summed E-state index contributed by atoms with van der Waals surface area (Å²) in [6.45, 7) is 0.736. The molecule has 0 bridgehead atoms. The molecule has 1 aliphatic rings. The Kier molecular flexibility index (Phi) is 3.28. The quantitative estimate of drug-likeness (QED) is 0.822. The SMILES string of the molecule is NC1CCOCC1S(=O)(=O)c1ccccc1. The molecule has 1 aromatic carbocycles. The van der Waals surface area contributed by atoms with Gasteiger partial charge in [-0.15, -0.1) is 0 Å². The molecular formula is C11H15NO3S. The normalized spacial score (nSPS) is 26.6. The van der Waals surface area contributed by atoms with E-state index in [2.05, 4.69) is 0 Å². The standard InChI is InChI=1S/C11H15NO3S/c12-10-6-7-15-8-11(10)16(13,14)9-4-2-1-3-5-9/h1-5,10-11H,6-8,12H2. The Bertz CT molecular complexity index is 444. The number of benzene rings is 1. The van der Waals surface area contributed by atoms with Crippen LogP contribution in [0.25, 0.3) is 0 Å². The van der Waals surface area contributed by atoms with Crippen LogP contribution >= 0.6 is 0 Å². The average Bonchev–Trinajstić information content (AvgIpc) is 2.30. The molecule has 2 rings (SSSR count). The first-order valence-corrected chi connectivity index (χ1v) is 6.79. The van der Waals surface area contributed by atoms with Crippen molar-refractivity contribution in [2.45, 2.75) is 22.6 Å². The van der Waals surface area contributed by atoms with Crippen LogP contribution in [0.2, 0.25) is 0 Å². The number of sulfone groups is 1. The van der Waals surface area contributed by atoms with Gasteiger partial charge >= 0.3 is 0 Å². The third-order valence-corrected chi connectivity index (χ3v) is 5.04. The largest absolute Gasteiger partial charge is 0.380 e. The number of ether oxygens (including phenoxy) is 1. The lowest BCUT2D eigenvalue weighted by molar-refractivity contribution is 0.0891. The van der Waals surface area contributed by atoms with E-state index in [-0.39, 0.29) is 12.6 Å². The molecule has 0 aliphatic carbocycles. The zero-order valence-electron chi connectivity index (χ0n) is 8.87. The third kappa shape index (κ3) is 2.11. The van der Waals surface area contributed by atoms with E-state index in [0.29, 0.717) is 17.9 Å². The van der Waals surface area contributed by atoms with Gasteiger partial charge in [0, 0.05) is 12.6 Å². The van der Waals surface area contributed by atoms with E-state index in [1.807, 2.05) is 0 Å². The molecule has 16 heavy (non-hydrogen) atoms. The maximum absolute atomic E-state index is 12.2. The van der Waals surface area contributed by atoms with Crippen LogP contribution in [0.1, 0.15) is 6.42 Å². The summed E-state index contributed by atoms with van der Waals surface area (Å²) in [5, 5.41) is -0.622. The minimum Gasteiger partial charge on any atom is -0.380 e. The lowest BCUT2D eigenvalue weighted by atomic mass is 10.1. The van der Waals surface area contributed by atoms with E-state index in [0.717, 1.165) is 0 Å². The zero-order valence-corrected chi connectivity index (χ0v) is 9.69. The van der Waals surface area contributed by atoms with Crippen LogP contribution in [-0.2, 0) is 14.6 Å². The Morgan fingerprint density at radius 2 is 1.94 bits per heavy atom. The highest BCUT2D eigenvalue weighted by molar-refractivity contribution is 7.92. The van der Waals surface area contributed by atoms with Gasteiger partial charge in [0.2, 0.25) is 0 Å². The van der Waals surface area contributed by atoms with E-state index < -0.39 is 15.1 Å². The molecule has 0 radical (unpaired) electrons. The van der Waals surface area contributed by atoms with Crippen molar-refractivity contribution in [1.82, 2.24) is 0 Å². The third-order valence-electron chi connectivity index (χ3n) is 2.83. The number of nitrogens with two attached hydrogens (primary N) is 1. The Hall–Kier alpha value is -0.910. The van der Waals surface area contributed by atoms with Gasteiger partial charge in [-0.2, -0.15) is 0 Å². The lowest BCUT2D eigenvalue weighted by Crippen LogP contribution is -2.47. The Morgan fingerprint density at radius 3 is 2.56 bits per heavy atom. The molecule has 1 heterocycles. The molecule has 0 aromatic heterocycles. The Labute approximate surface area is 95.3 Å². The molecule has 0 saturated carbocycles. The maximum Gasteiger partial charge on any atom is 0.185 e. The van der Waals surface area contributed by atoms with Gasteiger partial charge in [-0.1, -0.05) is 18.2 Å². The van der Waals surface area contributed by atoms with Crippen molar-refractivity contribution in [2.75, 3.05) is 13.2 Å². The van der Waals surface area contributed by atoms with Crippen molar-refractivity contribution < 1.29 is 13.2 Å².